The number of unbranched alkanes of at least 4 members (excludes halogenated alkanes) is 1. The molecule has 0 spiro atoms. The van der Waals surface area contributed by atoms with Crippen LogP contribution in [0.5, 0.6) is 0 Å². The molecule has 0 aromatic rings. The van der Waals surface area contributed by atoms with Gasteiger partial charge < -0.3 is 14.2 Å². The first kappa shape index (κ1) is 11.6. The van der Waals surface area contributed by atoms with Gasteiger partial charge in [-0.3, -0.25) is 4.79 Å². The first-order valence-corrected chi connectivity index (χ1v) is 5.06. The van der Waals surface area contributed by atoms with Crippen molar-refractivity contribution in [3.63, 3.8) is 0 Å². The van der Waals surface area contributed by atoms with Crippen molar-refractivity contribution >= 4 is 5.78 Å². The quantitative estimate of drug-likeness (QED) is 0.606. The Kier molecular flexibility index (Phi) is 5.07. The highest BCUT2D eigenvalue weighted by Gasteiger charge is 2.33. The molecule has 0 aromatic heterocycles. The second-order valence-electron chi connectivity index (χ2n) is 3.42. The lowest BCUT2D eigenvalue weighted by atomic mass is 10.2. The predicted molar refractivity (Wildman–Crippen MR) is 51.0 cm³/mol. The third kappa shape index (κ3) is 3.36. The molecule has 0 aliphatic carbocycles. The first-order chi connectivity index (χ1) is 6.77. The number of methoxy groups -OCH3 is 1. The van der Waals surface area contributed by atoms with Gasteiger partial charge >= 0.3 is 0 Å². The molecule has 0 N–H and O–H groups in total. The maximum absolute atomic E-state index is 11.2. The van der Waals surface area contributed by atoms with Gasteiger partial charge in [0.2, 0.25) is 6.29 Å². The van der Waals surface area contributed by atoms with E-state index in [1.807, 2.05) is 0 Å². The van der Waals surface area contributed by atoms with Gasteiger partial charge in [0.15, 0.2) is 5.78 Å². The Bertz CT molecular complexity index is 181. The fourth-order valence-electron chi connectivity index (χ4n) is 1.37. The summed E-state index contributed by atoms with van der Waals surface area (Å²) < 4.78 is 15.5. The van der Waals surface area contributed by atoms with E-state index in [1.165, 1.54) is 7.11 Å². The number of ketones is 1. The van der Waals surface area contributed by atoms with Crippen molar-refractivity contribution in [3.8, 4) is 0 Å². The Morgan fingerprint density at radius 2 is 2.36 bits per heavy atom. The summed E-state index contributed by atoms with van der Waals surface area (Å²) in [5.74, 6) is 0.0107. The van der Waals surface area contributed by atoms with Gasteiger partial charge in [-0.15, -0.1) is 0 Å². The van der Waals surface area contributed by atoms with Gasteiger partial charge in [0, 0.05) is 20.1 Å². The molecule has 0 unspecified atom stereocenters. The Hall–Kier alpha value is -0.450. The maximum Gasteiger partial charge on any atom is 0.217 e. The van der Waals surface area contributed by atoms with Gasteiger partial charge in [0.1, 0.15) is 0 Å². The highest BCUT2D eigenvalue weighted by Crippen LogP contribution is 2.16. The minimum atomic E-state index is -0.672. The molecule has 4 heteroatoms. The minimum Gasteiger partial charge on any atom is -0.379 e. The van der Waals surface area contributed by atoms with Crippen LogP contribution in [0.1, 0.15) is 26.2 Å². The van der Waals surface area contributed by atoms with Crippen LogP contribution in [0.15, 0.2) is 0 Å². The number of Topliss-reactive ketones (excluding diaryl/α,β-unsaturated/α-hetero) is 1. The molecule has 1 saturated heterocycles. The summed E-state index contributed by atoms with van der Waals surface area (Å²) >= 11 is 0. The smallest absolute Gasteiger partial charge is 0.217 e. The Morgan fingerprint density at radius 1 is 1.57 bits per heavy atom. The van der Waals surface area contributed by atoms with Gasteiger partial charge in [0.05, 0.1) is 12.7 Å². The van der Waals surface area contributed by atoms with E-state index in [9.17, 15) is 4.79 Å². The molecule has 0 radical (unpaired) electrons. The lowest BCUT2D eigenvalue weighted by molar-refractivity contribution is -0.154. The van der Waals surface area contributed by atoms with Crippen LogP contribution < -0.4 is 0 Å². The van der Waals surface area contributed by atoms with Crippen LogP contribution >= 0.6 is 0 Å². The molecule has 0 saturated carbocycles. The van der Waals surface area contributed by atoms with Crippen LogP contribution in [-0.2, 0) is 19.0 Å². The van der Waals surface area contributed by atoms with Gasteiger partial charge in [-0.2, -0.15) is 0 Å². The van der Waals surface area contributed by atoms with Gasteiger partial charge in [-0.1, -0.05) is 13.3 Å². The van der Waals surface area contributed by atoms with Gasteiger partial charge in [0.25, 0.3) is 0 Å². The molecule has 1 heterocycles. The second kappa shape index (κ2) is 6.11. The number of rotatable bonds is 6. The van der Waals surface area contributed by atoms with E-state index in [4.69, 9.17) is 14.2 Å². The predicted octanol–water partition coefficient (Wildman–Crippen LogP) is 1.13. The van der Waals surface area contributed by atoms with E-state index >= 15 is 0 Å². The zero-order chi connectivity index (χ0) is 10.4. The van der Waals surface area contributed by atoms with E-state index in [0.29, 0.717) is 13.0 Å². The third-order valence-electron chi connectivity index (χ3n) is 2.17. The van der Waals surface area contributed by atoms with Crippen LogP contribution in [-0.4, -0.2) is 38.5 Å². The van der Waals surface area contributed by atoms with E-state index in [1.54, 1.807) is 0 Å². The SMILES string of the molecule is CCCCOC[C@@H]1CC(=O)[C@H](OC)O1. The Labute approximate surface area is 84.5 Å². The molecule has 82 valence electrons. The highest BCUT2D eigenvalue weighted by atomic mass is 16.7. The normalized spacial score (nSPS) is 27.1. The summed E-state index contributed by atoms with van der Waals surface area (Å²) in [4.78, 5) is 11.2. The van der Waals surface area contributed by atoms with Crippen molar-refractivity contribution < 1.29 is 19.0 Å². The molecule has 1 aliphatic rings. The summed E-state index contributed by atoms with van der Waals surface area (Å²) in [6.45, 7) is 3.34. The average Bonchev–Trinajstić information content (AvgIpc) is 2.54. The average molecular weight is 202 g/mol. The number of ether oxygens (including phenoxy) is 3. The van der Waals surface area contributed by atoms with E-state index < -0.39 is 6.29 Å². The molecule has 1 rings (SSSR count). The first-order valence-electron chi connectivity index (χ1n) is 5.06. The molecule has 2 atom stereocenters. The van der Waals surface area contributed by atoms with Crippen LogP contribution in [0.3, 0.4) is 0 Å². The highest BCUT2D eigenvalue weighted by molar-refractivity contribution is 5.83. The van der Waals surface area contributed by atoms with E-state index in [-0.39, 0.29) is 11.9 Å². The summed E-state index contributed by atoms with van der Waals surface area (Å²) in [6, 6.07) is 0. The zero-order valence-electron chi connectivity index (χ0n) is 8.82. The molecule has 1 fully saturated rings. The number of carbonyl (C=O) groups is 1. The Balaban J connectivity index is 2.12. The van der Waals surface area contributed by atoms with E-state index in [2.05, 4.69) is 6.92 Å². The van der Waals surface area contributed by atoms with Crippen LogP contribution in [0, 0.1) is 0 Å². The molecule has 14 heavy (non-hydrogen) atoms. The summed E-state index contributed by atoms with van der Waals surface area (Å²) in [7, 11) is 1.48. The summed E-state index contributed by atoms with van der Waals surface area (Å²) in [5.41, 5.74) is 0. The van der Waals surface area contributed by atoms with Crippen LogP contribution in [0.4, 0.5) is 0 Å². The lowest BCUT2D eigenvalue weighted by Crippen LogP contribution is -2.19. The van der Waals surface area contributed by atoms with E-state index in [0.717, 1.165) is 19.4 Å². The number of hydrogen-bond donors (Lipinski definition) is 0. The third-order valence-corrected chi connectivity index (χ3v) is 2.17. The lowest BCUT2D eigenvalue weighted by Gasteiger charge is -2.11. The fraction of sp³-hybridized carbons (Fsp3) is 0.900. The standard InChI is InChI=1S/C10H18O4/c1-3-4-5-13-7-8-6-9(11)10(12-2)14-8/h8,10H,3-7H2,1-2H3/t8-,10+/m0/s1. The maximum atomic E-state index is 11.2. The molecule has 0 amide bonds. The van der Waals surface area contributed by atoms with Gasteiger partial charge in [-0.05, 0) is 6.42 Å². The van der Waals surface area contributed by atoms with Crippen molar-refractivity contribution in [1.29, 1.82) is 0 Å². The number of hydrogen-bond acceptors (Lipinski definition) is 4. The molecule has 0 bridgehead atoms. The molecular formula is C10H18O4. The second-order valence-corrected chi connectivity index (χ2v) is 3.42. The van der Waals surface area contributed by atoms with Crippen LogP contribution in [0.25, 0.3) is 0 Å². The Morgan fingerprint density at radius 3 is 2.93 bits per heavy atom. The largest absolute Gasteiger partial charge is 0.379 e. The summed E-state index contributed by atoms with van der Waals surface area (Å²) in [6.07, 6.45) is 1.78. The zero-order valence-corrected chi connectivity index (χ0v) is 8.82. The fourth-order valence-corrected chi connectivity index (χ4v) is 1.37. The molecule has 0 aromatic carbocycles. The molecular weight excluding hydrogens is 184 g/mol. The molecule has 4 nitrogen and oxygen atoms in total. The molecule has 1 aliphatic heterocycles. The summed E-state index contributed by atoms with van der Waals surface area (Å²) in [5, 5.41) is 0. The minimum absolute atomic E-state index is 0.0107. The van der Waals surface area contributed by atoms with Crippen molar-refractivity contribution in [2.24, 2.45) is 0 Å². The van der Waals surface area contributed by atoms with Crippen LogP contribution in [0.2, 0.25) is 0 Å². The number of carbonyl (C=O) groups excluding carboxylic acids is 1. The van der Waals surface area contributed by atoms with Crippen molar-refractivity contribution in [1.82, 2.24) is 0 Å². The monoisotopic (exact) mass is 202 g/mol. The topological polar surface area (TPSA) is 44.8 Å². The van der Waals surface area contributed by atoms with Crippen molar-refractivity contribution in [2.45, 2.75) is 38.6 Å². The van der Waals surface area contributed by atoms with Gasteiger partial charge in [-0.25, -0.2) is 0 Å². The van der Waals surface area contributed by atoms with Crippen molar-refractivity contribution in [2.75, 3.05) is 20.3 Å². The van der Waals surface area contributed by atoms with Crippen molar-refractivity contribution in [3.05, 3.63) is 0 Å².